The number of piperidine rings is 1. The highest BCUT2D eigenvalue weighted by molar-refractivity contribution is 5.99. The van der Waals surface area contributed by atoms with E-state index in [1.165, 1.54) is 13.3 Å². The first kappa shape index (κ1) is 18.3. The zero-order chi connectivity index (χ0) is 17.5. The third kappa shape index (κ3) is 5.23. The van der Waals surface area contributed by atoms with Crippen LogP contribution in [0.2, 0.25) is 0 Å². The van der Waals surface area contributed by atoms with Gasteiger partial charge in [-0.05, 0) is 49.9 Å². The van der Waals surface area contributed by atoms with Crippen LogP contribution in [0.5, 0.6) is 5.75 Å². The maximum absolute atomic E-state index is 12.4. The molecule has 2 amide bonds. The van der Waals surface area contributed by atoms with Crippen LogP contribution < -0.4 is 20.7 Å². The second-order valence-electron chi connectivity index (χ2n) is 6.43. The van der Waals surface area contributed by atoms with Crippen molar-refractivity contribution >= 4 is 23.2 Å². The fourth-order valence-electron chi connectivity index (χ4n) is 3.08. The van der Waals surface area contributed by atoms with Crippen molar-refractivity contribution in [2.75, 3.05) is 30.8 Å². The van der Waals surface area contributed by atoms with Crippen LogP contribution in [-0.2, 0) is 9.59 Å². The standard InChI is InChI=1S/C18H27N3O3/c1-12(14-5-4-8-19-11-14)9-18(23)21-17-10-15(24-3)6-7-16(17)20-13(2)22/h6-7,10,12,14,19H,4-5,8-9,11H2,1-3H3,(H,20,22)(H,21,23). The highest BCUT2D eigenvalue weighted by atomic mass is 16.5. The molecule has 0 bridgehead atoms. The minimum absolute atomic E-state index is 0.0482. The predicted octanol–water partition coefficient (Wildman–Crippen LogP) is 2.62. The first-order valence-electron chi connectivity index (χ1n) is 8.45. The van der Waals surface area contributed by atoms with Crippen molar-refractivity contribution in [3.8, 4) is 5.75 Å². The fraction of sp³-hybridized carbons (Fsp3) is 0.556. The number of carbonyl (C=O) groups is 2. The molecule has 3 N–H and O–H groups in total. The smallest absolute Gasteiger partial charge is 0.224 e. The number of hydrogen-bond acceptors (Lipinski definition) is 4. The van der Waals surface area contributed by atoms with E-state index in [4.69, 9.17) is 4.74 Å². The van der Waals surface area contributed by atoms with Crippen LogP contribution in [0.15, 0.2) is 18.2 Å². The lowest BCUT2D eigenvalue weighted by Gasteiger charge is -2.28. The zero-order valence-electron chi connectivity index (χ0n) is 14.6. The number of nitrogens with one attached hydrogen (secondary N) is 3. The van der Waals surface area contributed by atoms with Crippen molar-refractivity contribution in [2.45, 2.75) is 33.1 Å². The normalized spacial score (nSPS) is 18.5. The summed E-state index contributed by atoms with van der Waals surface area (Å²) in [5, 5.41) is 9.02. The van der Waals surface area contributed by atoms with Gasteiger partial charge in [-0.25, -0.2) is 0 Å². The minimum Gasteiger partial charge on any atom is -0.497 e. The first-order valence-corrected chi connectivity index (χ1v) is 8.45. The molecule has 1 heterocycles. The Morgan fingerprint density at radius 2 is 2.12 bits per heavy atom. The molecular weight excluding hydrogens is 306 g/mol. The molecule has 1 aromatic carbocycles. The molecule has 2 rings (SSSR count). The van der Waals surface area contributed by atoms with Crippen LogP contribution in [0.1, 0.15) is 33.1 Å². The van der Waals surface area contributed by atoms with Crippen molar-refractivity contribution < 1.29 is 14.3 Å². The van der Waals surface area contributed by atoms with E-state index in [0.29, 0.717) is 35.4 Å². The fourth-order valence-corrected chi connectivity index (χ4v) is 3.08. The molecule has 0 saturated carbocycles. The molecule has 0 spiro atoms. The summed E-state index contributed by atoms with van der Waals surface area (Å²) in [4.78, 5) is 23.7. The largest absolute Gasteiger partial charge is 0.497 e. The number of carbonyl (C=O) groups excluding carboxylic acids is 2. The Kier molecular flexibility index (Phi) is 6.61. The Balaban J connectivity index is 2.02. The Bertz CT molecular complexity index is 583. The predicted molar refractivity (Wildman–Crippen MR) is 95.3 cm³/mol. The summed E-state index contributed by atoms with van der Waals surface area (Å²) in [5.74, 6) is 1.24. The SMILES string of the molecule is COc1ccc(NC(C)=O)c(NC(=O)CC(C)C2CCCNC2)c1. The maximum Gasteiger partial charge on any atom is 0.224 e. The number of hydrogen-bond donors (Lipinski definition) is 3. The van der Waals surface area contributed by atoms with E-state index in [9.17, 15) is 9.59 Å². The third-order valence-electron chi connectivity index (χ3n) is 4.46. The quantitative estimate of drug-likeness (QED) is 0.748. The molecule has 1 aliphatic heterocycles. The topological polar surface area (TPSA) is 79.5 Å². The van der Waals surface area contributed by atoms with E-state index in [1.807, 2.05) is 0 Å². The van der Waals surface area contributed by atoms with E-state index in [2.05, 4.69) is 22.9 Å². The minimum atomic E-state index is -0.183. The van der Waals surface area contributed by atoms with Gasteiger partial charge in [-0.1, -0.05) is 6.92 Å². The maximum atomic E-state index is 12.4. The lowest BCUT2D eigenvalue weighted by molar-refractivity contribution is -0.117. The average molecular weight is 333 g/mol. The lowest BCUT2D eigenvalue weighted by Crippen LogP contribution is -2.34. The summed E-state index contributed by atoms with van der Waals surface area (Å²) >= 11 is 0. The molecule has 2 atom stereocenters. The number of benzene rings is 1. The Morgan fingerprint density at radius 3 is 2.75 bits per heavy atom. The molecule has 2 unspecified atom stereocenters. The van der Waals surface area contributed by atoms with Crippen LogP contribution in [-0.4, -0.2) is 32.0 Å². The Hall–Kier alpha value is -2.08. The van der Waals surface area contributed by atoms with Crippen LogP contribution in [0, 0.1) is 11.8 Å². The van der Waals surface area contributed by atoms with Gasteiger partial charge in [-0.15, -0.1) is 0 Å². The van der Waals surface area contributed by atoms with Gasteiger partial charge in [0.1, 0.15) is 5.75 Å². The van der Waals surface area contributed by atoms with Gasteiger partial charge in [-0.2, -0.15) is 0 Å². The van der Waals surface area contributed by atoms with E-state index < -0.39 is 0 Å². The highest BCUT2D eigenvalue weighted by Crippen LogP contribution is 2.28. The van der Waals surface area contributed by atoms with Crippen molar-refractivity contribution in [1.29, 1.82) is 0 Å². The summed E-state index contributed by atoms with van der Waals surface area (Å²) in [6.45, 7) is 5.61. The number of anilines is 2. The lowest BCUT2D eigenvalue weighted by atomic mass is 9.85. The van der Waals surface area contributed by atoms with Crippen molar-refractivity contribution in [3.63, 3.8) is 0 Å². The summed E-state index contributed by atoms with van der Waals surface area (Å²) in [7, 11) is 1.57. The molecule has 1 saturated heterocycles. The second kappa shape index (κ2) is 8.68. The summed E-state index contributed by atoms with van der Waals surface area (Å²) in [6, 6.07) is 5.19. The van der Waals surface area contributed by atoms with Gasteiger partial charge in [0.25, 0.3) is 0 Å². The van der Waals surface area contributed by atoms with Crippen LogP contribution in [0.25, 0.3) is 0 Å². The molecular formula is C18H27N3O3. The van der Waals surface area contributed by atoms with Crippen LogP contribution in [0.3, 0.4) is 0 Å². The van der Waals surface area contributed by atoms with Crippen molar-refractivity contribution in [2.24, 2.45) is 11.8 Å². The highest BCUT2D eigenvalue weighted by Gasteiger charge is 2.22. The summed E-state index contributed by atoms with van der Waals surface area (Å²) < 4.78 is 5.20. The number of rotatable bonds is 6. The van der Waals surface area contributed by atoms with Gasteiger partial charge in [0.05, 0.1) is 18.5 Å². The third-order valence-corrected chi connectivity index (χ3v) is 4.46. The molecule has 1 aliphatic rings. The molecule has 1 aromatic rings. The van der Waals surface area contributed by atoms with E-state index in [-0.39, 0.29) is 11.8 Å². The molecule has 6 nitrogen and oxygen atoms in total. The zero-order valence-corrected chi connectivity index (χ0v) is 14.6. The van der Waals surface area contributed by atoms with Gasteiger partial charge < -0.3 is 20.7 Å². The van der Waals surface area contributed by atoms with Gasteiger partial charge >= 0.3 is 0 Å². The molecule has 24 heavy (non-hydrogen) atoms. The Morgan fingerprint density at radius 1 is 1.33 bits per heavy atom. The van der Waals surface area contributed by atoms with Crippen molar-refractivity contribution in [3.05, 3.63) is 18.2 Å². The molecule has 0 radical (unpaired) electrons. The number of amides is 2. The molecule has 132 valence electrons. The van der Waals surface area contributed by atoms with Crippen LogP contribution >= 0.6 is 0 Å². The van der Waals surface area contributed by atoms with Gasteiger partial charge in [0, 0.05) is 19.4 Å². The van der Waals surface area contributed by atoms with E-state index in [0.717, 1.165) is 19.5 Å². The molecule has 1 fully saturated rings. The second-order valence-corrected chi connectivity index (χ2v) is 6.43. The van der Waals surface area contributed by atoms with Crippen molar-refractivity contribution in [1.82, 2.24) is 5.32 Å². The summed E-state index contributed by atoms with van der Waals surface area (Å²) in [6.07, 6.45) is 2.79. The van der Waals surface area contributed by atoms with E-state index >= 15 is 0 Å². The Labute approximate surface area is 143 Å². The van der Waals surface area contributed by atoms with Gasteiger partial charge in [-0.3, -0.25) is 9.59 Å². The molecule has 0 aromatic heterocycles. The summed E-state index contributed by atoms with van der Waals surface area (Å²) in [5.41, 5.74) is 1.13. The van der Waals surface area contributed by atoms with Gasteiger partial charge in [0.2, 0.25) is 11.8 Å². The van der Waals surface area contributed by atoms with E-state index in [1.54, 1.807) is 25.3 Å². The monoisotopic (exact) mass is 333 g/mol. The number of ether oxygens (including phenoxy) is 1. The first-order chi connectivity index (χ1) is 11.5. The average Bonchev–Trinajstić information content (AvgIpc) is 2.56. The molecule has 6 heteroatoms. The van der Waals surface area contributed by atoms with Gasteiger partial charge in [0.15, 0.2) is 0 Å². The number of methoxy groups -OCH3 is 1. The van der Waals surface area contributed by atoms with Crippen LogP contribution in [0.4, 0.5) is 11.4 Å². The molecule has 0 aliphatic carbocycles.